The van der Waals surface area contributed by atoms with Crippen LogP contribution in [0.4, 0.5) is 0 Å². The van der Waals surface area contributed by atoms with E-state index >= 15 is 0 Å². The van der Waals surface area contributed by atoms with Crippen molar-refractivity contribution >= 4 is 15.9 Å². The first-order chi connectivity index (χ1) is 5.37. The Morgan fingerprint density at radius 2 is 2.36 bits per heavy atom. The van der Waals surface area contributed by atoms with Gasteiger partial charge >= 0.3 is 0 Å². The molecule has 0 saturated carbocycles. The van der Waals surface area contributed by atoms with Gasteiger partial charge in [0.25, 0.3) is 0 Å². The first-order valence-electron chi connectivity index (χ1n) is 4.13. The van der Waals surface area contributed by atoms with Crippen molar-refractivity contribution in [3.05, 3.63) is 0 Å². The van der Waals surface area contributed by atoms with Crippen molar-refractivity contribution in [2.45, 2.75) is 18.9 Å². The van der Waals surface area contributed by atoms with Crippen molar-refractivity contribution in [3.8, 4) is 0 Å². The van der Waals surface area contributed by atoms with Gasteiger partial charge in [0.05, 0.1) is 12.7 Å². The van der Waals surface area contributed by atoms with Crippen LogP contribution < -0.4 is 0 Å². The number of hydrogen-bond acceptors (Lipinski definition) is 2. The molecule has 0 N–H and O–H groups in total. The highest BCUT2D eigenvalue weighted by molar-refractivity contribution is 9.09. The fraction of sp³-hybridized carbons (Fsp3) is 1.00. The van der Waals surface area contributed by atoms with Gasteiger partial charge in [-0.3, -0.25) is 0 Å². The quantitative estimate of drug-likeness (QED) is 0.626. The molecule has 0 unspecified atom stereocenters. The fourth-order valence-corrected chi connectivity index (χ4v) is 2.76. The largest absolute Gasteiger partial charge is 0.381 e. The molecule has 2 heterocycles. The Kier molecular flexibility index (Phi) is 2.21. The second-order valence-electron chi connectivity index (χ2n) is 3.45. The van der Waals surface area contributed by atoms with E-state index in [0.29, 0.717) is 11.5 Å². The monoisotopic (exact) mass is 220 g/mol. The normalized spacial score (nSPS) is 43.9. The van der Waals surface area contributed by atoms with Gasteiger partial charge in [0.2, 0.25) is 0 Å². The van der Waals surface area contributed by atoms with Gasteiger partial charge in [0, 0.05) is 24.0 Å². The summed E-state index contributed by atoms with van der Waals surface area (Å²) in [6.45, 7) is 2.67. The van der Waals surface area contributed by atoms with E-state index in [1.54, 1.807) is 0 Å². The molecule has 0 spiro atoms. The molecule has 2 aliphatic rings. The van der Waals surface area contributed by atoms with E-state index in [2.05, 4.69) is 15.9 Å². The zero-order chi connectivity index (χ0) is 7.73. The van der Waals surface area contributed by atoms with Gasteiger partial charge in [-0.05, 0) is 12.8 Å². The Bertz CT molecular complexity index is 151. The third-order valence-electron chi connectivity index (χ3n) is 2.78. The van der Waals surface area contributed by atoms with Gasteiger partial charge in [-0.2, -0.15) is 0 Å². The van der Waals surface area contributed by atoms with E-state index < -0.39 is 0 Å². The maximum absolute atomic E-state index is 5.64. The highest BCUT2D eigenvalue weighted by Gasteiger charge is 2.45. The number of halogens is 1. The van der Waals surface area contributed by atoms with E-state index in [-0.39, 0.29) is 0 Å². The van der Waals surface area contributed by atoms with E-state index in [1.165, 1.54) is 0 Å². The first-order valence-corrected chi connectivity index (χ1v) is 5.25. The maximum Gasteiger partial charge on any atom is 0.0684 e. The van der Waals surface area contributed by atoms with Crippen LogP contribution in [0.1, 0.15) is 12.8 Å². The van der Waals surface area contributed by atoms with Crippen LogP contribution in [0.5, 0.6) is 0 Å². The lowest BCUT2D eigenvalue weighted by atomic mass is 9.81. The maximum atomic E-state index is 5.64. The second-order valence-corrected chi connectivity index (χ2v) is 4.01. The van der Waals surface area contributed by atoms with Gasteiger partial charge in [-0.15, -0.1) is 0 Å². The average Bonchev–Trinajstić information content (AvgIpc) is 2.48. The molecule has 0 radical (unpaired) electrons. The van der Waals surface area contributed by atoms with Gasteiger partial charge < -0.3 is 9.47 Å². The highest BCUT2D eigenvalue weighted by Crippen LogP contribution is 2.41. The van der Waals surface area contributed by atoms with Crippen LogP contribution >= 0.6 is 15.9 Å². The SMILES string of the molecule is BrC[C@]12CCO[C@H]1CCOC2. The molecule has 0 aliphatic carbocycles. The van der Waals surface area contributed by atoms with Crippen molar-refractivity contribution in [3.63, 3.8) is 0 Å². The van der Waals surface area contributed by atoms with E-state index in [4.69, 9.17) is 9.47 Å². The Morgan fingerprint density at radius 1 is 1.45 bits per heavy atom. The summed E-state index contributed by atoms with van der Waals surface area (Å²) in [6.07, 6.45) is 2.68. The van der Waals surface area contributed by atoms with E-state index in [0.717, 1.165) is 38.0 Å². The molecule has 2 atom stereocenters. The molecule has 2 saturated heterocycles. The number of ether oxygens (including phenoxy) is 2. The Labute approximate surface area is 75.4 Å². The molecule has 2 nitrogen and oxygen atoms in total. The van der Waals surface area contributed by atoms with Crippen LogP contribution in [0.15, 0.2) is 0 Å². The third kappa shape index (κ3) is 1.23. The molecule has 0 aromatic heterocycles. The van der Waals surface area contributed by atoms with Crippen molar-refractivity contribution in [1.29, 1.82) is 0 Å². The smallest absolute Gasteiger partial charge is 0.0684 e. The topological polar surface area (TPSA) is 18.5 Å². The molecule has 0 aromatic rings. The number of fused-ring (bicyclic) bond motifs is 1. The van der Waals surface area contributed by atoms with Crippen LogP contribution in [0.3, 0.4) is 0 Å². The molecule has 0 amide bonds. The van der Waals surface area contributed by atoms with Crippen LogP contribution in [0, 0.1) is 5.41 Å². The summed E-state index contributed by atoms with van der Waals surface area (Å²) in [7, 11) is 0. The zero-order valence-corrected chi connectivity index (χ0v) is 8.10. The van der Waals surface area contributed by atoms with Crippen LogP contribution in [0.2, 0.25) is 0 Å². The summed E-state index contributed by atoms with van der Waals surface area (Å²) in [5.41, 5.74) is 0.304. The van der Waals surface area contributed by atoms with Crippen molar-refractivity contribution in [2.24, 2.45) is 5.41 Å². The van der Waals surface area contributed by atoms with Crippen molar-refractivity contribution < 1.29 is 9.47 Å². The average molecular weight is 221 g/mol. The predicted molar refractivity (Wildman–Crippen MR) is 46.0 cm³/mol. The van der Waals surface area contributed by atoms with E-state index in [9.17, 15) is 0 Å². The highest BCUT2D eigenvalue weighted by atomic mass is 79.9. The standard InChI is InChI=1S/C8H13BrO2/c9-5-8-2-4-11-7(8)1-3-10-6-8/h7H,1-6H2/t7-,8-/m0/s1. The van der Waals surface area contributed by atoms with Gasteiger partial charge in [-0.25, -0.2) is 0 Å². The number of hydrogen-bond donors (Lipinski definition) is 0. The molecule has 2 rings (SSSR count). The zero-order valence-electron chi connectivity index (χ0n) is 6.51. The molecule has 2 aliphatic heterocycles. The Hall–Kier alpha value is 0.400. The molecule has 3 heteroatoms. The second kappa shape index (κ2) is 3.04. The predicted octanol–water partition coefficient (Wildman–Crippen LogP) is 1.58. The molecule has 2 fully saturated rings. The summed E-state index contributed by atoms with van der Waals surface area (Å²) in [5, 5.41) is 1.02. The van der Waals surface area contributed by atoms with Crippen LogP contribution in [0.25, 0.3) is 0 Å². The van der Waals surface area contributed by atoms with Crippen LogP contribution in [-0.2, 0) is 9.47 Å². The number of alkyl halides is 1. The lowest BCUT2D eigenvalue weighted by Crippen LogP contribution is -2.42. The third-order valence-corrected chi connectivity index (χ3v) is 3.90. The minimum absolute atomic E-state index is 0.304. The first kappa shape index (κ1) is 8.02. The molecule has 11 heavy (non-hydrogen) atoms. The van der Waals surface area contributed by atoms with Crippen LogP contribution in [-0.4, -0.2) is 31.3 Å². The molecule has 0 bridgehead atoms. The Balaban J connectivity index is 2.12. The summed E-state index contributed by atoms with van der Waals surface area (Å²) < 4.78 is 11.1. The summed E-state index contributed by atoms with van der Waals surface area (Å²) >= 11 is 3.55. The Morgan fingerprint density at radius 3 is 3.09 bits per heavy atom. The minimum atomic E-state index is 0.304. The van der Waals surface area contributed by atoms with Crippen molar-refractivity contribution in [1.82, 2.24) is 0 Å². The van der Waals surface area contributed by atoms with Gasteiger partial charge in [-0.1, -0.05) is 15.9 Å². The molecule has 64 valence electrons. The summed E-state index contributed by atoms with van der Waals surface area (Å²) in [4.78, 5) is 0. The van der Waals surface area contributed by atoms with Gasteiger partial charge in [0.15, 0.2) is 0 Å². The molecular weight excluding hydrogens is 208 g/mol. The molecular formula is C8H13BrO2. The molecule has 0 aromatic carbocycles. The fourth-order valence-electron chi connectivity index (χ4n) is 1.95. The van der Waals surface area contributed by atoms with E-state index in [1.807, 2.05) is 0 Å². The summed E-state index contributed by atoms with van der Waals surface area (Å²) in [6, 6.07) is 0. The minimum Gasteiger partial charge on any atom is -0.381 e. The number of rotatable bonds is 1. The van der Waals surface area contributed by atoms with Gasteiger partial charge in [0.1, 0.15) is 0 Å². The lowest BCUT2D eigenvalue weighted by Gasteiger charge is -2.36. The van der Waals surface area contributed by atoms with Crippen molar-refractivity contribution in [2.75, 3.05) is 25.2 Å². The summed E-state index contributed by atoms with van der Waals surface area (Å²) in [5.74, 6) is 0. The lowest BCUT2D eigenvalue weighted by molar-refractivity contribution is -0.0613.